The summed E-state index contributed by atoms with van der Waals surface area (Å²) in [4.78, 5) is 34.5. The lowest BCUT2D eigenvalue weighted by Crippen LogP contribution is -2.40. The molecule has 0 radical (unpaired) electrons. The molecule has 0 unspecified atom stereocenters. The molecule has 2 aromatic heterocycles. The molecule has 152 valence electrons. The second-order valence-electron chi connectivity index (χ2n) is 6.98. The molecule has 7 nitrogen and oxygen atoms in total. The van der Waals surface area contributed by atoms with Gasteiger partial charge in [0.15, 0.2) is 0 Å². The standard InChI is InChI=1S/C21H23N3O4S/c1-3-28-20(26)14-5-4-10-24(11-14)21-22-17-16(12-29-18(17)19(25)23-21)13-6-8-15(27-2)9-7-13/h6-9,12,14H,3-5,10-11H2,1-2H3,(H,22,23,25)/t14-/m1/s1. The number of fused-ring (bicyclic) bond motifs is 1. The number of hydrogen-bond acceptors (Lipinski definition) is 7. The van der Waals surface area contributed by atoms with Gasteiger partial charge in [-0.25, -0.2) is 4.98 Å². The van der Waals surface area contributed by atoms with Crippen molar-refractivity contribution in [3.8, 4) is 16.9 Å². The number of thiophene rings is 1. The van der Waals surface area contributed by atoms with Crippen LogP contribution in [0.1, 0.15) is 19.8 Å². The molecule has 0 aliphatic carbocycles. The van der Waals surface area contributed by atoms with Crippen LogP contribution in [-0.4, -0.2) is 42.7 Å². The van der Waals surface area contributed by atoms with E-state index in [9.17, 15) is 9.59 Å². The first-order valence-electron chi connectivity index (χ1n) is 9.68. The summed E-state index contributed by atoms with van der Waals surface area (Å²) in [6.45, 7) is 3.42. The van der Waals surface area contributed by atoms with Crippen LogP contribution in [0.5, 0.6) is 5.75 Å². The van der Waals surface area contributed by atoms with E-state index in [1.165, 1.54) is 11.3 Å². The Morgan fingerprint density at radius 3 is 2.86 bits per heavy atom. The van der Waals surface area contributed by atoms with Crippen LogP contribution < -0.4 is 15.2 Å². The monoisotopic (exact) mass is 413 g/mol. The van der Waals surface area contributed by atoms with Gasteiger partial charge in [0.2, 0.25) is 5.95 Å². The number of H-pyrrole nitrogens is 1. The molecule has 3 aromatic rings. The SMILES string of the molecule is CCOC(=O)[C@@H]1CCCN(c2nc3c(-c4ccc(OC)cc4)csc3c(=O)[nH]2)C1. The fourth-order valence-electron chi connectivity index (χ4n) is 3.66. The smallest absolute Gasteiger partial charge is 0.310 e. The van der Waals surface area contributed by atoms with Crippen molar-refractivity contribution >= 4 is 33.5 Å². The summed E-state index contributed by atoms with van der Waals surface area (Å²) in [5.41, 5.74) is 2.41. The maximum atomic E-state index is 12.7. The minimum Gasteiger partial charge on any atom is -0.497 e. The van der Waals surface area contributed by atoms with Gasteiger partial charge in [0.05, 0.1) is 25.2 Å². The molecule has 0 amide bonds. The first kappa shape index (κ1) is 19.4. The van der Waals surface area contributed by atoms with E-state index in [1.54, 1.807) is 7.11 Å². The molecule has 1 atom stereocenters. The molecule has 1 saturated heterocycles. The van der Waals surface area contributed by atoms with E-state index >= 15 is 0 Å². The zero-order chi connectivity index (χ0) is 20.4. The number of rotatable bonds is 5. The Kier molecular flexibility index (Phi) is 5.53. The van der Waals surface area contributed by atoms with Gasteiger partial charge < -0.3 is 14.4 Å². The molecule has 1 N–H and O–H groups in total. The molecule has 8 heteroatoms. The fraction of sp³-hybridized carbons (Fsp3) is 0.381. The zero-order valence-corrected chi connectivity index (χ0v) is 17.3. The number of carbonyl (C=O) groups excluding carboxylic acids is 1. The second kappa shape index (κ2) is 8.24. The number of methoxy groups -OCH3 is 1. The third kappa shape index (κ3) is 3.85. The van der Waals surface area contributed by atoms with Crippen molar-refractivity contribution in [2.45, 2.75) is 19.8 Å². The number of hydrogen-bond donors (Lipinski definition) is 1. The quantitative estimate of drug-likeness (QED) is 0.645. The van der Waals surface area contributed by atoms with Crippen LogP contribution in [0.25, 0.3) is 21.3 Å². The second-order valence-corrected chi connectivity index (χ2v) is 7.86. The van der Waals surface area contributed by atoms with Gasteiger partial charge >= 0.3 is 5.97 Å². The summed E-state index contributed by atoms with van der Waals surface area (Å²) >= 11 is 1.38. The maximum absolute atomic E-state index is 12.7. The molecular formula is C21H23N3O4S. The van der Waals surface area contributed by atoms with Crippen LogP contribution in [0.2, 0.25) is 0 Å². The van der Waals surface area contributed by atoms with E-state index in [1.807, 2.05) is 41.5 Å². The molecule has 1 fully saturated rings. The lowest BCUT2D eigenvalue weighted by molar-refractivity contribution is -0.148. The van der Waals surface area contributed by atoms with Crippen molar-refractivity contribution in [2.24, 2.45) is 5.92 Å². The Labute approximate surface area is 172 Å². The Morgan fingerprint density at radius 1 is 1.34 bits per heavy atom. The Balaban J connectivity index is 1.69. The van der Waals surface area contributed by atoms with E-state index in [4.69, 9.17) is 14.5 Å². The van der Waals surface area contributed by atoms with Gasteiger partial charge in [-0.1, -0.05) is 12.1 Å². The summed E-state index contributed by atoms with van der Waals surface area (Å²) in [6.07, 6.45) is 1.64. The summed E-state index contributed by atoms with van der Waals surface area (Å²) in [5, 5.41) is 1.95. The lowest BCUT2D eigenvalue weighted by Gasteiger charge is -2.31. The Hall–Kier alpha value is -2.87. The third-order valence-electron chi connectivity index (χ3n) is 5.16. The molecule has 4 rings (SSSR count). The average molecular weight is 413 g/mol. The minimum atomic E-state index is -0.201. The van der Waals surface area contributed by atoms with Crippen molar-refractivity contribution in [3.05, 3.63) is 40.0 Å². The summed E-state index contributed by atoms with van der Waals surface area (Å²) in [5.74, 6) is 0.895. The maximum Gasteiger partial charge on any atom is 0.310 e. The highest BCUT2D eigenvalue weighted by Crippen LogP contribution is 2.33. The Bertz CT molecular complexity index is 1070. The third-order valence-corrected chi connectivity index (χ3v) is 6.12. The van der Waals surface area contributed by atoms with Crippen LogP contribution in [0.3, 0.4) is 0 Å². The van der Waals surface area contributed by atoms with Crippen LogP contribution in [0.15, 0.2) is 34.4 Å². The normalized spacial score (nSPS) is 16.8. The number of anilines is 1. The zero-order valence-electron chi connectivity index (χ0n) is 16.4. The lowest BCUT2D eigenvalue weighted by atomic mass is 9.98. The number of aromatic amines is 1. The number of benzene rings is 1. The topological polar surface area (TPSA) is 84.5 Å². The van der Waals surface area contributed by atoms with Crippen molar-refractivity contribution in [2.75, 3.05) is 31.7 Å². The Morgan fingerprint density at radius 2 is 2.14 bits per heavy atom. The number of carbonyl (C=O) groups is 1. The molecule has 1 aromatic carbocycles. The van der Waals surface area contributed by atoms with Gasteiger partial charge in [-0.05, 0) is 37.5 Å². The number of nitrogens with zero attached hydrogens (tertiary/aromatic N) is 2. The highest BCUT2D eigenvalue weighted by atomic mass is 32.1. The van der Waals surface area contributed by atoms with E-state index in [-0.39, 0.29) is 17.4 Å². The number of ether oxygens (including phenoxy) is 2. The van der Waals surface area contributed by atoms with Gasteiger partial charge in [0.1, 0.15) is 10.4 Å². The highest BCUT2D eigenvalue weighted by Gasteiger charge is 2.28. The average Bonchev–Trinajstić information content (AvgIpc) is 3.19. The van der Waals surface area contributed by atoms with Gasteiger partial charge in [-0.3, -0.25) is 14.6 Å². The largest absolute Gasteiger partial charge is 0.497 e. The molecule has 1 aliphatic rings. The van der Waals surface area contributed by atoms with E-state index < -0.39 is 0 Å². The van der Waals surface area contributed by atoms with Gasteiger partial charge in [-0.2, -0.15) is 0 Å². The number of esters is 1. The molecule has 3 heterocycles. The first-order chi connectivity index (χ1) is 14.1. The van der Waals surface area contributed by atoms with Gasteiger partial charge in [-0.15, -0.1) is 11.3 Å². The van der Waals surface area contributed by atoms with E-state index in [0.717, 1.165) is 36.3 Å². The van der Waals surface area contributed by atoms with Crippen molar-refractivity contribution in [1.82, 2.24) is 9.97 Å². The fourth-order valence-corrected chi connectivity index (χ4v) is 4.57. The van der Waals surface area contributed by atoms with Crippen LogP contribution >= 0.6 is 11.3 Å². The van der Waals surface area contributed by atoms with Crippen LogP contribution in [-0.2, 0) is 9.53 Å². The van der Waals surface area contributed by atoms with Crippen molar-refractivity contribution < 1.29 is 14.3 Å². The summed E-state index contributed by atoms with van der Waals surface area (Å²) in [6, 6.07) is 7.70. The molecular weight excluding hydrogens is 390 g/mol. The molecule has 0 saturated carbocycles. The first-order valence-corrected chi connectivity index (χ1v) is 10.6. The molecule has 0 bridgehead atoms. The molecule has 0 spiro atoms. The summed E-state index contributed by atoms with van der Waals surface area (Å²) in [7, 11) is 1.63. The predicted octanol–water partition coefficient (Wildman–Crippen LogP) is 3.44. The highest BCUT2D eigenvalue weighted by molar-refractivity contribution is 7.17. The van der Waals surface area contributed by atoms with Gasteiger partial charge in [0, 0.05) is 24.0 Å². The van der Waals surface area contributed by atoms with Crippen molar-refractivity contribution in [3.63, 3.8) is 0 Å². The van der Waals surface area contributed by atoms with Crippen molar-refractivity contribution in [1.29, 1.82) is 0 Å². The number of nitrogens with one attached hydrogen (secondary N) is 1. The molecule has 1 aliphatic heterocycles. The van der Waals surface area contributed by atoms with Gasteiger partial charge in [0.25, 0.3) is 5.56 Å². The van der Waals surface area contributed by atoms with Crippen LogP contribution in [0.4, 0.5) is 5.95 Å². The molecule has 29 heavy (non-hydrogen) atoms. The number of aromatic nitrogens is 2. The van der Waals surface area contributed by atoms with E-state index in [2.05, 4.69) is 4.98 Å². The van der Waals surface area contributed by atoms with E-state index in [0.29, 0.717) is 29.3 Å². The summed E-state index contributed by atoms with van der Waals surface area (Å²) < 4.78 is 11.0. The van der Waals surface area contributed by atoms with Crippen LogP contribution in [0, 0.1) is 5.92 Å². The minimum absolute atomic E-state index is 0.159. The number of piperidine rings is 1. The predicted molar refractivity (Wildman–Crippen MR) is 114 cm³/mol.